The first kappa shape index (κ1) is 15.0. The molecule has 6 heteroatoms. The minimum Gasteiger partial charge on any atom is -0.350 e. The monoisotopic (exact) mass is 329 g/mol. The fraction of sp³-hybridized carbons (Fsp3) is 0.188. The lowest BCUT2D eigenvalue weighted by Crippen LogP contribution is -2.26. The molecule has 2 heterocycles. The van der Waals surface area contributed by atoms with Gasteiger partial charge in [0.25, 0.3) is 5.91 Å². The second-order valence-corrected chi connectivity index (χ2v) is 6.77. The molecule has 3 rings (SSSR count). The van der Waals surface area contributed by atoms with Gasteiger partial charge in [-0.3, -0.25) is 9.78 Å². The van der Waals surface area contributed by atoms with E-state index in [2.05, 4.69) is 32.8 Å². The largest absolute Gasteiger partial charge is 0.350 e. The van der Waals surface area contributed by atoms with Crippen LogP contribution in [0, 0.1) is 0 Å². The highest BCUT2D eigenvalue weighted by Crippen LogP contribution is 2.16. The van der Waals surface area contributed by atoms with Crippen LogP contribution in [0.15, 0.2) is 48.0 Å². The quantitative estimate of drug-likeness (QED) is 0.705. The van der Waals surface area contributed by atoms with E-state index >= 15 is 0 Å². The van der Waals surface area contributed by atoms with Gasteiger partial charge in [0, 0.05) is 22.9 Å². The first-order valence-electron chi connectivity index (χ1n) is 6.93. The van der Waals surface area contributed by atoms with Gasteiger partial charge in [-0.15, -0.1) is 11.3 Å². The van der Waals surface area contributed by atoms with E-state index in [9.17, 15) is 4.79 Å². The van der Waals surface area contributed by atoms with Crippen molar-refractivity contribution in [1.82, 2.24) is 15.3 Å². The topological polar surface area (TPSA) is 54.9 Å². The molecule has 1 aromatic carbocycles. The maximum Gasteiger partial charge on any atom is 0.271 e. The average Bonchev–Trinajstić information content (AvgIpc) is 3.07. The molecular formula is C16H15N3OS2. The minimum atomic E-state index is -0.171. The standard InChI is InChI=1S/C16H15N3OS2/c20-16(17-7-9-21-11-12-4-3-8-22-12)15-10-18-13-5-1-2-6-14(13)19-15/h1-6,8,10H,7,9,11H2,(H,17,20). The van der Waals surface area contributed by atoms with Crippen molar-refractivity contribution in [1.29, 1.82) is 0 Å². The zero-order valence-corrected chi connectivity index (χ0v) is 13.5. The molecule has 1 N–H and O–H groups in total. The lowest BCUT2D eigenvalue weighted by molar-refractivity contribution is 0.0951. The third kappa shape index (κ3) is 3.84. The van der Waals surface area contributed by atoms with Crippen molar-refractivity contribution in [2.24, 2.45) is 0 Å². The number of thiophene rings is 1. The minimum absolute atomic E-state index is 0.171. The number of benzene rings is 1. The van der Waals surface area contributed by atoms with Crippen molar-refractivity contribution in [2.75, 3.05) is 12.3 Å². The third-order valence-electron chi connectivity index (χ3n) is 3.04. The number of carbonyl (C=O) groups excluding carboxylic acids is 1. The van der Waals surface area contributed by atoms with E-state index in [4.69, 9.17) is 0 Å². The molecule has 0 aliphatic heterocycles. The van der Waals surface area contributed by atoms with Crippen molar-refractivity contribution in [3.05, 3.63) is 58.5 Å². The van der Waals surface area contributed by atoms with Crippen LogP contribution in [-0.2, 0) is 5.75 Å². The Morgan fingerprint density at radius 2 is 2.05 bits per heavy atom. The first-order valence-corrected chi connectivity index (χ1v) is 8.96. The van der Waals surface area contributed by atoms with Crippen LogP contribution in [-0.4, -0.2) is 28.2 Å². The highest BCUT2D eigenvalue weighted by molar-refractivity contribution is 7.98. The van der Waals surface area contributed by atoms with E-state index in [1.807, 2.05) is 36.0 Å². The van der Waals surface area contributed by atoms with Crippen LogP contribution >= 0.6 is 23.1 Å². The number of nitrogens with zero attached hydrogens (tertiary/aromatic N) is 2. The summed E-state index contributed by atoms with van der Waals surface area (Å²) in [5.74, 6) is 1.70. The molecule has 0 unspecified atom stereocenters. The van der Waals surface area contributed by atoms with Crippen molar-refractivity contribution in [3.8, 4) is 0 Å². The zero-order chi connectivity index (χ0) is 15.2. The normalized spacial score (nSPS) is 10.7. The SMILES string of the molecule is O=C(NCCSCc1cccs1)c1cnc2ccccc2n1. The predicted molar refractivity (Wildman–Crippen MR) is 92.4 cm³/mol. The highest BCUT2D eigenvalue weighted by atomic mass is 32.2. The summed E-state index contributed by atoms with van der Waals surface area (Å²) in [6.07, 6.45) is 1.52. The highest BCUT2D eigenvalue weighted by Gasteiger charge is 2.08. The number of hydrogen-bond donors (Lipinski definition) is 1. The molecule has 0 atom stereocenters. The third-order valence-corrected chi connectivity index (χ3v) is 5.10. The first-order chi connectivity index (χ1) is 10.8. The van der Waals surface area contributed by atoms with E-state index in [1.54, 1.807) is 11.3 Å². The predicted octanol–water partition coefficient (Wildman–Crippen LogP) is 3.35. The van der Waals surface area contributed by atoms with E-state index in [0.29, 0.717) is 12.2 Å². The van der Waals surface area contributed by atoms with Gasteiger partial charge in [0.15, 0.2) is 0 Å². The summed E-state index contributed by atoms with van der Waals surface area (Å²) < 4.78 is 0. The smallest absolute Gasteiger partial charge is 0.271 e. The number of aromatic nitrogens is 2. The molecule has 0 aliphatic rings. The zero-order valence-electron chi connectivity index (χ0n) is 11.9. The van der Waals surface area contributed by atoms with Crippen LogP contribution in [0.25, 0.3) is 11.0 Å². The van der Waals surface area contributed by atoms with Crippen LogP contribution in [0.4, 0.5) is 0 Å². The summed E-state index contributed by atoms with van der Waals surface area (Å²) in [7, 11) is 0. The van der Waals surface area contributed by atoms with E-state index in [-0.39, 0.29) is 5.91 Å². The van der Waals surface area contributed by atoms with E-state index < -0.39 is 0 Å². The number of thioether (sulfide) groups is 1. The summed E-state index contributed by atoms with van der Waals surface area (Å²) >= 11 is 3.57. The maximum absolute atomic E-state index is 12.1. The fourth-order valence-electron chi connectivity index (χ4n) is 1.96. The van der Waals surface area contributed by atoms with Crippen LogP contribution < -0.4 is 5.32 Å². The number of carbonyl (C=O) groups is 1. The molecule has 22 heavy (non-hydrogen) atoms. The van der Waals surface area contributed by atoms with Crippen molar-refractivity contribution >= 4 is 40.0 Å². The molecule has 0 aliphatic carbocycles. The second kappa shape index (κ2) is 7.38. The molecule has 112 valence electrons. The summed E-state index contributed by atoms with van der Waals surface area (Å²) in [5, 5.41) is 4.96. The molecule has 0 radical (unpaired) electrons. The van der Waals surface area contributed by atoms with E-state index in [0.717, 1.165) is 22.5 Å². The van der Waals surface area contributed by atoms with Crippen molar-refractivity contribution in [2.45, 2.75) is 5.75 Å². The molecule has 0 spiro atoms. The van der Waals surface area contributed by atoms with Gasteiger partial charge < -0.3 is 5.32 Å². The van der Waals surface area contributed by atoms with Crippen molar-refractivity contribution in [3.63, 3.8) is 0 Å². The lowest BCUT2D eigenvalue weighted by atomic mass is 10.3. The van der Waals surface area contributed by atoms with Gasteiger partial charge in [0.05, 0.1) is 17.2 Å². The Labute approximate surface area is 137 Å². The van der Waals surface area contributed by atoms with Crippen LogP contribution in [0.2, 0.25) is 0 Å². The molecular weight excluding hydrogens is 314 g/mol. The summed E-state index contributed by atoms with van der Waals surface area (Å²) in [5.41, 5.74) is 1.90. The van der Waals surface area contributed by atoms with Gasteiger partial charge in [0.2, 0.25) is 0 Å². The lowest BCUT2D eigenvalue weighted by Gasteiger charge is -2.05. The Bertz CT molecular complexity index is 759. The Morgan fingerprint density at radius 1 is 1.18 bits per heavy atom. The van der Waals surface area contributed by atoms with Gasteiger partial charge in [0.1, 0.15) is 5.69 Å². The van der Waals surface area contributed by atoms with Gasteiger partial charge in [-0.2, -0.15) is 11.8 Å². The molecule has 0 fully saturated rings. The number of fused-ring (bicyclic) bond motifs is 1. The Hall–Kier alpha value is -1.92. The van der Waals surface area contributed by atoms with Crippen molar-refractivity contribution < 1.29 is 4.79 Å². The number of para-hydroxylation sites is 2. The van der Waals surface area contributed by atoms with Gasteiger partial charge >= 0.3 is 0 Å². The van der Waals surface area contributed by atoms with Gasteiger partial charge in [-0.05, 0) is 23.6 Å². The molecule has 4 nitrogen and oxygen atoms in total. The van der Waals surface area contributed by atoms with Gasteiger partial charge in [-0.25, -0.2) is 4.98 Å². The molecule has 0 bridgehead atoms. The van der Waals surface area contributed by atoms with Crippen LogP contribution in [0.3, 0.4) is 0 Å². The maximum atomic E-state index is 12.1. The Balaban J connectivity index is 1.48. The summed E-state index contributed by atoms with van der Waals surface area (Å²) in [6, 6.07) is 11.7. The molecule has 2 aromatic heterocycles. The Morgan fingerprint density at radius 3 is 2.86 bits per heavy atom. The molecule has 3 aromatic rings. The fourth-order valence-corrected chi connectivity index (χ4v) is 3.66. The van der Waals surface area contributed by atoms with Crippen LogP contribution in [0.5, 0.6) is 0 Å². The summed E-state index contributed by atoms with van der Waals surface area (Å²) in [6.45, 7) is 0.628. The van der Waals surface area contributed by atoms with E-state index in [1.165, 1.54) is 11.1 Å². The number of rotatable bonds is 6. The van der Waals surface area contributed by atoms with Gasteiger partial charge in [-0.1, -0.05) is 18.2 Å². The number of nitrogens with one attached hydrogen (secondary N) is 1. The molecule has 0 saturated heterocycles. The number of amides is 1. The summed E-state index contributed by atoms with van der Waals surface area (Å²) in [4.78, 5) is 22.0. The molecule has 0 saturated carbocycles. The van der Waals surface area contributed by atoms with Crippen LogP contribution in [0.1, 0.15) is 15.4 Å². The number of hydrogen-bond acceptors (Lipinski definition) is 5. The second-order valence-electron chi connectivity index (χ2n) is 4.63. The Kier molecular flexibility index (Phi) is 5.03. The molecule has 1 amide bonds. The average molecular weight is 329 g/mol.